The highest BCUT2D eigenvalue weighted by Crippen LogP contribution is 2.38. The van der Waals surface area contributed by atoms with E-state index in [2.05, 4.69) is 49.1 Å². The van der Waals surface area contributed by atoms with Crippen molar-refractivity contribution in [2.75, 3.05) is 103 Å². The van der Waals surface area contributed by atoms with Crippen LogP contribution in [-0.2, 0) is 19.8 Å². The Balaban J connectivity index is 0.000000197. The van der Waals surface area contributed by atoms with Crippen molar-refractivity contribution in [2.24, 2.45) is 5.73 Å². The second-order valence-electron chi connectivity index (χ2n) is 28.5. The molecule has 6 aromatic carbocycles. The molecule has 0 aliphatic heterocycles. The van der Waals surface area contributed by atoms with Gasteiger partial charge in [-0.25, -0.2) is 29.9 Å². The maximum atomic E-state index is 13.1. The maximum absolute atomic E-state index is 13.1. The van der Waals surface area contributed by atoms with Gasteiger partial charge in [-0.2, -0.15) is 0 Å². The van der Waals surface area contributed by atoms with E-state index in [0.29, 0.717) is 149 Å². The summed E-state index contributed by atoms with van der Waals surface area (Å²) in [6, 6.07) is 36.6. The fourth-order valence-corrected chi connectivity index (χ4v) is 12.4. The minimum atomic E-state index is -0.409. The van der Waals surface area contributed by atoms with Crippen LogP contribution in [0.2, 0.25) is 0 Å². The predicted molar refractivity (Wildman–Crippen MR) is 452 cm³/mol. The molecule has 0 aliphatic carbocycles. The summed E-state index contributed by atoms with van der Waals surface area (Å²) >= 11 is 0. The number of aromatic nitrogens is 9. The molecule has 6 heterocycles. The van der Waals surface area contributed by atoms with Crippen LogP contribution < -0.4 is 56.1 Å². The van der Waals surface area contributed by atoms with E-state index in [0.717, 1.165) is 33.4 Å². The monoisotopic (exact) mass is 1610 g/mol. The average Bonchev–Trinajstić information content (AvgIpc) is 0.776. The molecule has 0 saturated heterocycles. The number of H-pyrrole nitrogens is 3. The van der Waals surface area contributed by atoms with Gasteiger partial charge in [0, 0.05) is 88.3 Å². The lowest BCUT2D eigenvalue weighted by atomic mass is 10.0. The molecule has 31 nitrogen and oxygen atoms in total. The van der Waals surface area contributed by atoms with E-state index >= 15 is 0 Å². The number of benzene rings is 6. The summed E-state index contributed by atoms with van der Waals surface area (Å²) in [5.74, 6) is 2.76. The van der Waals surface area contributed by atoms with Gasteiger partial charge in [0.2, 0.25) is 0 Å². The SMILES string of the molecule is CC(C)N.COc1cc(CO)cc2nc(-c3ccc(OCCNC(C)C)c(-c4ccc(C(=O)N(C)C)cc4C)n3)[nH]c(=O)c12.COc1cc(CO)cc2nc(-c3ccc(OCCO)c(-c4ccc(C(=O)N(C)C)cc4C)n3)[nH]c(=O)c12.COc1cc(CO)cc2nc(-c3ccc(OCCO)c(-c4ccc(C(=O)N(C)C)cc4C)n3)[nH]c(=O)c12. The lowest BCUT2D eigenvalue weighted by Gasteiger charge is -2.16. The van der Waals surface area contributed by atoms with E-state index in [1.54, 1.807) is 158 Å². The molecule has 31 heteroatoms. The summed E-state index contributed by atoms with van der Waals surface area (Å²) in [7, 11) is 14.5. The Morgan fingerprint density at radius 2 is 0.686 bits per heavy atom. The van der Waals surface area contributed by atoms with Crippen LogP contribution in [0.3, 0.4) is 0 Å². The Kier molecular flexibility index (Phi) is 30.6. The standard InChI is InChI=1S/C30H35N5O5.2C27H28N4O6.C3H9N/c1-17(2)31-11-12-40-24-10-9-22(32-27(24)21-8-7-20(13-18(21)3)30(38)35(4)5)28-33-23-14-19(16-36)15-25(39-6)26(23)29(37)34-28;2*1-15-11-17(27(35)31(2)3)5-6-18(15)24-21(37-10-9-32)8-7-19(28-24)25-29-20-12-16(14-33)13-22(36-4)23(20)26(34)30-25;1-3(2)4/h7-10,13-15,17,31,36H,11-12,16H2,1-6H3,(H,33,34,37);2*5-8,11-13,32-33H,9-10,14H2,1-4H3,(H,29,30,34);3H,4H2,1-2H3. The number of nitrogens with two attached hydrogens (primary N) is 1. The van der Waals surface area contributed by atoms with Gasteiger partial charge in [0.05, 0.1) is 70.9 Å². The Hall–Kier alpha value is -12.9. The number of nitrogens with one attached hydrogen (secondary N) is 4. The molecule has 0 unspecified atom stereocenters. The van der Waals surface area contributed by atoms with Gasteiger partial charge in [-0.1, -0.05) is 45.9 Å². The Labute approximate surface area is 681 Å². The van der Waals surface area contributed by atoms with Crippen LogP contribution >= 0.6 is 0 Å². The second-order valence-corrected chi connectivity index (χ2v) is 28.5. The topological polar surface area (TPSA) is 431 Å². The van der Waals surface area contributed by atoms with Crippen LogP contribution in [0.1, 0.15) is 92.1 Å². The summed E-state index contributed by atoms with van der Waals surface area (Å²) in [4.78, 5) is 117. The number of hydrogen-bond donors (Lipinski definition) is 10. The number of aliphatic hydroxyl groups excluding tert-OH is 5. The number of aromatic amines is 3. The highest BCUT2D eigenvalue weighted by Gasteiger charge is 2.24. The largest absolute Gasteiger partial charge is 0.496 e. The number of methoxy groups -OCH3 is 3. The normalized spacial score (nSPS) is 11.0. The molecule has 3 amide bonds. The molecule has 0 radical (unpaired) electrons. The number of ether oxygens (including phenoxy) is 6. The molecule has 0 bridgehead atoms. The number of aliphatic hydroxyl groups is 5. The lowest BCUT2D eigenvalue weighted by Crippen LogP contribution is -2.27. The van der Waals surface area contributed by atoms with Gasteiger partial charge in [0.15, 0.2) is 17.5 Å². The van der Waals surface area contributed by atoms with Gasteiger partial charge in [0.25, 0.3) is 34.4 Å². The molecule has 0 atom stereocenters. The minimum absolute atomic E-state index is 0.0685. The summed E-state index contributed by atoms with van der Waals surface area (Å²) in [6.45, 7) is 13.9. The van der Waals surface area contributed by atoms with E-state index in [9.17, 15) is 54.3 Å². The first-order chi connectivity index (χ1) is 56.4. The summed E-state index contributed by atoms with van der Waals surface area (Å²) in [5.41, 5.74) is 15.7. The molecule has 11 N–H and O–H groups in total. The Morgan fingerprint density at radius 3 is 0.924 bits per heavy atom. The smallest absolute Gasteiger partial charge is 0.262 e. The molecular weight excluding hydrogens is 1510 g/mol. The second kappa shape index (κ2) is 40.6. The quantitative estimate of drug-likeness (QED) is 0.0226. The molecule has 12 rings (SSSR count). The highest BCUT2D eigenvalue weighted by atomic mass is 16.5. The molecule has 0 spiro atoms. The summed E-state index contributed by atoms with van der Waals surface area (Å²) in [6.07, 6.45) is 0. The van der Waals surface area contributed by atoms with Crippen molar-refractivity contribution in [3.63, 3.8) is 0 Å². The first-order valence-electron chi connectivity index (χ1n) is 37.7. The number of carbonyl (C=O) groups is 3. The zero-order chi connectivity index (χ0) is 85.9. The molecule has 118 heavy (non-hydrogen) atoms. The third kappa shape index (κ3) is 21.4. The number of pyridine rings is 3. The van der Waals surface area contributed by atoms with Gasteiger partial charge in [-0.15, -0.1) is 0 Å². The number of amides is 3. The van der Waals surface area contributed by atoms with Crippen LogP contribution in [-0.4, -0.2) is 218 Å². The van der Waals surface area contributed by atoms with E-state index < -0.39 is 11.1 Å². The predicted octanol–water partition coefficient (Wildman–Crippen LogP) is 8.96. The molecule has 0 aliphatic rings. The van der Waals surface area contributed by atoms with Crippen LogP contribution in [0.15, 0.2) is 142 Å². The number of hydrogen-bond acceptors (Lipinski definition) is 25. The van der Waals surface area contributed by atoms with Gasteiger partial charge >= 0.3 is 0 Å². The van der Waals surface area contributed by atoms with Crippen molar-refractivity contribution >= 4 is 50.4 Å². The molecule has 0 saturated carbocycles. The van der Waals surface area contributed by atoms with Crippen molar-refractivity contribution < 1.29 is 68.3 Å². The lowest BCUT2D eigenvalue weighted by molar-refractivity contribution is 0.0820. The number of nitrogens with zero attached hydrogens (tertiary/aromatic N) is 9. The van der Waals surface area contributed by atoms with Crippen LogP contribution in [0.25, 0.3) is 101 Å². The van der Waals surface area contributed by atoms with Crippen LogP contribution in [0.5, 0.6) is 34.5 Å². The molecule has 0 fully saturated rings. The van der Waals surface area contributed by atoms with E-state index in [-0.39, 0.29) is 97.8 Å². The van der Waals surface area contributed by atoms with Gasteiger partial charge in [-0.05, 0) is 169 Å². The number of aryl methyl sites for hydroxylation is 3. The number of rotatable bonds is 26. The van der Waals surface area contributed by atoms with Crippen LogP contribution in [0, 0.1) is 20.8 Å². The Morgan fingerprint density at radius 1 is 0.407 bits per heavy atom. The summed E-state index contributed by atoms with van der Waals surface area (Å²) in [5, 5.41) is 51.6. The number of fused-ring (bicyclic) bond motifs is 3. The van der Waals surface area contributed by atoms with E-state index in [1.807, 2.05) is 46.8 Å². The third-order valence-electron chi connectivity index (χ3n) is 18.0. The van der Waals surface area contributed by atoms with Crippen molar-refractivity contribution in [2.45, 2.75) is 80.4 Å². The maximum Gasteiger partial charge on any atom is 0.262 e. The zero-order valence-corrected chi connectivity index (χ0v) is 68.9. The van der Waals surface area contributed by atoms with Crippen molar-refractivity contribution in [3.05, 3.63) is 209 Å². The fraction of sp³-hybridized carbons (Fsp3) is 0.310. The minimum Gasteiger partial charge on any atom is -0.496 e. The van der Waals surface area contributed by atoms with E-state index in [4.69, 9.17) is 49.1 Å². The van der Waals surface area contributed by atoms with Gasteiger partial charge < -0.3 is 94.7 Å². The van der Waals surface area contributed by atoms with Crippen molar-refractivity contribution in [1.29, 1.82) is 0 Å². The third-order valence-corrected chi connectivity index (χ3v) is 18.0. The zero-order valence-electron chi connectivity index (χ0n) is 68.9. The molecular formula is C87H100N14O17. The van der Waals surface area contributed by atoms with Gasteiger partial charge in [0.1, 0.15) is 105 Å². The first kappa shape index (κ1) is 89.1. The molecule has 12 aromatic rings. The van der Waals surface area contributed by atoms with Crippen LogP contribution in [0.4, 0.5) is 0 Å². The number of carbonyl (C=O) groups excluding carboxylic acids is 3. The van der Waals surface area contributed by atoms with Crippen molar-refractivity contribution in [3.8, 4) is 103 Å². The molecule has 620 valence electrons. The summed E-state index contributed by atoms with van der Waals surface area (Å²) < 4.78 is 33.6. The first-order valence-corrected chi connectivity index (χ1v) is 37.7. The molecule has 6 aromatic heterocycles. The highest BCUT2D eigenvalue weighted by molar-refractivity contribution is 5.97. The average molecular weight is 1610 g/mol. The van der Waals surface area contributed by atoms with E-state index in [1.165, 1.54) is 36.0 Å². The van der Waals surface area contributed by atoms with Crippen molar-refractivity contribution in [1.82, 2.24) is 64.9 Å². The Bertz CT molecular complexity index is 5590. The van der Waals surface area contributed by atoms with Gasteiger partial charge in [-0.3, -0.25) is 28.8 Å². The fourth-order valence-electron chi connectivity index (χ4n) is 12.4.